The Morgan fingerprint density at radius 1 is 1.13 bits per heavy atom. The molecule has 1 atom stereocenters. The molecule has 8 nitrogen and oxygen atoms in total. The second-order valence-electron chi connectivity index (χ2n) is 7.62. The number of amides is 1. The summed E-state index contributed by atoms with van der Waals surface area (Å²) in [6, 6.07) is 3.58. The van der Waals surface area contributed by atoms with Gasteiger partial charge in [0.25, 0.3) is 5.91 Å². The number of alkyl halides is 2. The van der Waals surface area contributed by atoms with Crippen molar-refractivity contribution < 1.29 is 28.5 Å². The van der Waals surface area contributed by atoms with E-state index in [2.05, 4.69) is 10.2 Å². The molecule has 2 fully saturated rings. The van der Waals surface area contributed by atoms with Crippen LogP contribution < -0.4 is 19.7 Å². The Labute approximate surface area is 192 Å². The number of halogens is 2. The quantitative estimate of drug-likeness (QED) is 0.433. The van der Waals surface area contributed by atoms with E-state index in [1.54, 1.807) is 13.0 Å². The van der Waals surface area contributed by atoms with E-state index in [1.807, 2.05) is 19.9 Å². The third-order valence-corrected chi connectivity index (χ3v) is 6.43. The molecule has 0 spiro atoms. The molecule has 1 saturated carbocycles. The van der Waals surface area contributed by atoms with Crippen molar-refractivity contribution in [3.63, 3.8) is 0 Å². The lowest BCUT2D eigenvalue weighted by Crippen LogP contribution is -2.36. The second-order valence-corrected chi connectivity index (χ2v) is 9.10. The fraction of sp³-hybridized carbons (Fsp3) is 0.619. The number of esters is 1. The van der Waals surface area contributed by atoms with E-state index >= 15 is 0 Å². The number of hydrogen-bond donors (Lipinski definition) is 1. The average Bonchev–Trinajstić information content (AvgIpc) is 3.27. The van der Waals surface area contributed by atoms with Crippen LogP contribution in [-0.2, 0) is 19.1 Å². The van der Waals surface area contributed by atoms with Crippen molar-refractivity contribution in [3.8, 4) is 11.5 Å². The zero-order chi connectivity index (χ0) is 22.6. The predicted octanol–water partition coefficient (Wildman–Crippen LogP) is 3.39. The first-order valence-corrected chi connectivity index (χ1v) is 11.1. The van der Waals surface area contributed by atoms with Gasteiger partial charge in [0.2, 0.25) is 0 Å². The van der Waals surface area contributed by atoms with Crippen LogP contribution in [0.1, 0.15) is 27.2 Å². The van der Waals surface area contributed by atoms with Crippen LogP contribution >= 0.6 is 23.2 Å². The van der Waals surface area contributed by atoms with Crippen molar-refractivity contribution in [2.24, 2.45) is 5.41 Å². The summed E-state index contributed by atoms with van der Waals surface area (Å²) in [6.45, 7) is 8.51. The lowest BCUT2D eigenvalue weighted by molar-refractivity contribution is -0.152. The Morgan fingerprint density at radius 3 is 2.32 bits per heavy atom. The summed E-state index contributed by atoms with van der Waals surface area (Å²) in [5.74, 6) is 0.0201. The lowest BCUT2D eigenvalue weighted by atomic mass is 10.1. The molecule has 3 rings (SSSR count). The van der Waals surface area contributed by atoms with Gasteiger partial charge in [-0.1, -0.05) is 0 Å². The first kappa shape index (κ1) is 23.8. The van der Waals surface area contributed by atoms with Gasteiger partial charge in [0.1, 0.15) is 21.2 Å². The molecule has 10 heteroatoms. The smallest absolute Gasteiger partial charge is 0.315 e. The zero-order valence-corrected chi connectivity index (χ0v) is 19.5. The van der Waals surface area contributed by atoms with Gasteiger partial charge < -0.3 is 29.2 Å². The average molecular weight is 475 g/mol. The van der Waals surface area contributed by atoms with E-state index in [0.29, 0.717) is 50.0 Å². The van der Waals surface area contributed by atoms with Gasteiger partial charge in [-0.2, -0.15) is 0 Å². The molecular formula is C21H28Cl2N2O6. The van der Waals surface area contributed by atoms with Gasteiger partial charge in [0.05, 0.1) is 37.8 Å². The van der Waals surface area contributed by atoms with Crippen LogP contribution in [-0.4, -0.2) is 62.3 Å². The number of nitrogens with one attached hydrogen (secondary N) is 1. The number of morpholine rings is 1. The van der Waals surface area contributed by atoms with E-state index in [-0.39, 0.29) is 0 Å². The zero-order valence-electron chi connectivity index (χ0n) is 18.0. The molecular weight excluding hydrogens is 447 g/mol. The summed E-state index contributed by atoms with van der Waals surface area (Å²) >= 11 is 12.0. The van der Waals surface area contributed by atoms with Gasteiger partial charge in [0.15, 0.2) is 6.61 Å². The van der Waals surface area contributed by atoms with Crippen molar-refractivity contribution >= 4 is 46.5 Å². The molecule has 1 aromatic rings. The van der Waals surface area contributed by atoms with Crippen molar-refractivity contribution in [2.45, 2.75) is 31.5 Å². The van der Waals surface area contributed by atoms with Gasteiger partial charge in [0, 0.05) is 31.6 Å². The third-order valence-electron chi connectivity index (χ3n) is 5.33. The highest BCUT2D eigenvalue weighted by Crippen LogP contribution is 2.64. The minimum absolute atomic E-state index is 0.290. The Bertz CT molecular complexity index is 828. The van der Waals surface area contributed by atoms with Crippen LogP contribution in [0.3, 0.4) is 0 Å². The molecule has 1 saturated heterocycles. The molecule has 0 aromatic heterocycles. The SMILES string of the molecule is CCOc1cc(N2CCOCC2)c(OCC)cc1NC(=O)COC(=O)C1(C)CC1(Cl)Cl. The van der Waals surface area contributed by atoms with Crippen molar-refractivity contribution in [2.75, 3.05) is 56.3 Å². The molecule has 172 valence electrons. The maximum Gasteiger partial charge on any atom is 0.315 e. The largest absolute Gasteiger partial charge is 0.492 e. The highest BCUT2D eigenvalue weighted by atomic mass is 35.5. The highest BCUT2D eigenvalue weighted by Gasteiger charge is 2.69. The summed E-state index contributed by atoms with van der Waals surface area (Å²) < 4.78 is 21.0. The standard InChI is InChI=1S/C21H28Cl2N2O6/c1-4-29-16-11-15(25-6-8-28-9-7-25)17(30-5-2)10-14(16)24-18(26)12-31-19(27)20(3)13-21(20,22)23/h10-11H,4-9,12-13H2,1-3H3,(H,24,26). The van der Waals surface area contributed by atoms with Gasteiger partial charge in [-0.05, 0) is 20.8 Å². The summed E-state index contributed by atoms with van der Waals surface area (Å²) in [7, 11) is 0. The van der Waals surface area contributed by atoms with Crippen LogP contribution in [0.4, 0.5) is 11.4 Å². The van der Waals surface area contributed by atoms with Gasteiger partial charge in [-0.15, -0.1) is 23.2 Å². The van der Waals surface area contributed by atoms with E-state index < -0.39 is 28.2 Å². The Kier molecular flexibility index (Phi) is 7.44. The predicted molar refractivity (Wildman–Crippen MR) is 119 cm³/mol. The van der Waals surface area contributed by atoms with E-state index in [9.17, 15) is 9.59 Å². The molecule has 1 N–H and O–H groups in total. The molecule has 1 amide bonds. The van der Waals surface area contributed by atoms with Gasteiger partial charge >= 0.3 is 5.97 Å². The number of benzene rings is 1. The second kappa shape index (κ2) is 9.71. The van der Waals surface area contributed by atoms with Crippen molar-refractivity contribution in [1.82, 2.24) is 0 Å². The molecule has 1 aliphatic carbocycles. The molecule has 0 radical (unpaired) electrons. The number of carbonyl (C=O) groups excluding carboxylic acids is 2. The van der Waals surface area contributed by atoms with Gasteiger partial charge in [-0.25, -0.2) is 0 Å². The maximum absolute atomic E-state index is 12.5. The summed E-state index contributed by atoms with van der Waals surface area (Å²) in [5.41, 5.74) is 0.319. The van der Waals surface area contributed by atoms with Crippen LogP contribution in [0, 0.1) is 5.41 Å². The monoisotopic (exact) mass is 474 g/mol. The van der Waals surface area contributed by atoms with Crippen molar-refractivity contribution in [1.29, 1.82) is 0 Å². The number of rotatable bonds is 9. The van der Waals surface area contributed by atoms with E-state index in [4.69, 9.17) is 42.1 Å². The van der Waals surface area contributed by atoms with Crippen LogP contribution in [0.2, 0.25) is 0 Å². The fourth-order valence-corrected chi connectivity index (χ4v) is 4.03. The minimum Gasteiger partial charge on any atom is -0.492 e. The molecule has 1 heterocycles. The van der Waals surface area contributed by atoms with Gasteiger partial charge in [-0.3, -0.25) is 9.59 Å². The summed E-state index contributed by atoms with van der Waals surface area (Å²) in [5, 5.41) is 2.74. The first-order chi connectivity index (χ1) is 14.7. The van der Waals surface area contributed by atoms with E-state index in [0.717, 1.165) is 18.8 Å². The molecule has 31 heavy (non-hydrogen) atoms. The van der Waals surface area contributed by atoms with E-state index in [1.165, 1.54) is 0 Å². The number of anilines is 2. The molecule has 1 aromatic carbocycles. The lowest BCUT2D eigenvalue weighted by Gasteiger charge is -2.31. The first-order valence-electron chi connectivity index (χ1n) is 10.3. The highest BCUT2D eigenvalue weighted by molar-refractivity contribution is 6.53. The third kappa shape index (κ3) is 5.30. The van der Waals surface area contributed by atoms with Crippen LogP contribution in [0.5, 0.6) is 11.5 Å². The Balaban J connectivity index is 1.73. The number of hydrogen-bond acceptors (Lipinski definition) is 7. The Hall–Kier alpha value is -1.90. The normalized spacial score (nSPS) is 21.9. The fourth-order valence-electron chi connectivity index (χ4n) is 3.34. The number of ether oxygens (including phenoxy) is 4. The molecule has 2 aliphatic rings. The molecule has 1 aliphatic heterocycles. The molecule has 1 unspecified atom stereocenters. The summed E-state index contributed by atoms with van der Waals surface area (Å²) in [6.07, 6.45) is 0.290. The van der Waals surface area contributed by atoms with Crippen LogP contribution in [0.15, 0.2) is 12.1 Å². The Morgan fingerprint density at radius 2 is 1.74 bits per heavy atom. The maximum atomic E-state index is 12.5. The van der Waals surface area contributed by atoms with Crippen molar-refractivity contribution in [3.05, 3.63) is 12.1 Å². The molecule has 0 bridgehead atoms. The topological polar surface area (TPSA) is 86.3 Å². The summed E-state index contributed by atoms with van der Waals surface area (Å²) in [4.78, 5) is 26.8. The number of nitrogens with zero attached hydrogens (tertiary/aromatic N) is 1. The minimum atomic E-state index is -1.15. The van der Waals surface area contributed by atoms with Crippen LogP contribution in [0.25, 0.3) is 0 Å². The number of carbonyl (C=O) groups is 2.